The Morgan fingerprint density at radius 3 is 2.22 bits per heavy atom. The highest BCUT2D eigenvalue weighted by molar-refractivity contribution is 5.31. The topological polar surface area (TPSA) is 21.7 Å². The van der Waals surface area contributed by atoms with Gasteiger partial charge in [0.15, 0.2) is 0 Å². The molecule has 1 saturated heterocycles. The predicted molar refractivity (Wildman–Crippen MR) is 109 cm³/mol. The van der Waals surface area contributed by atoms with Crippen molar-refractivity contribution in [2.75, 3.05) is 26.4 Å². The Hall–Kier alpha value is -2.07. The highest BCUT2D eigenvalue weighted by Crippen LogP contribution is 2.21. The fourth-order valence-corrected chi connectivity index (χ4v) is 3.08. The number of nitrogens with zero attached hydrogens (tertiary/aromatic N) is 1. The summed E-state index contributed by atoms with van der Waals surface area (Å²) < 4.78 is 24.4. The lowest BCUT2D eigenvalue weighted by atomic mass is 10.1. The van der Waals surface area contributed by atoms with Crippen LogP contribution in [0, 0.1) is 5.92 Å². The van der Waals surface area contributed by atoms with Crippen molar-refractivity contribution in [3.8, 4) is 11.5 Å². The molecule has 0 aromatic heterocycles. The first-order chi connectivity index (χ1) is 13.2. The van der Waals surface area contributed by atoms with Gasteiger partial charge in [-0.1, -0.05) is 44.2 Å². The van der Waals surface area contributed by atoms with Crippen LogP contribution < -0.4 is 9.47 Å². The zero-order valence-electron chi connectivity index (χ0n) is 16.7. The van der Waals surface area contributed by atoms with Crippen LogP contribution in [0.3, 0.4) is 0 Å². The van der Waals surface area contributed by atoms with Gasteiger partial charge in [0, 0.05) is 18.5 Å². The van der Waals surface area contributed by atoms with Gasteiger partial charge in [0.05, 0.1) is 6.67 Å². The number of likely N-dealkylation sites (tertiary alicyclic amines) is 1. The highest BCUT2D eigenvalue weighted by atomic mass is 19.1. The van der Waals surface area contributed by atoms with Crippen LogP contribution in [-0.2, 0) is 6.61 Å². The van der Waals surface area contributed by atoms with Crippen molar-refractivity contribution in [2.24, 2.45) is 5.92 Å². The van der Waals surface area contributed by atoms with E-state index >= 15 is 0 Å². The van der Waals surface area contributed by atoms with Crippen LogP contribution in [0.4, 0.5) is 4.39 Å². The second-order valence-corrected chi connectivity index (χ2v) is 6.71. The molecule has 1 heterocycles. The maximum Gasteiger partial charge on any atom is 0.120 e. The minimum atomic E-state index is -0.214. The van der Waals surface area contributed by atoms with Gasteiger partial charge in [-0.3, -0.25) is 9.29 Å². The molecule has 148 valence electrons. The van der Waals surface area contributed by atoms with Crippen LogP contribution in [0.15, 0.2) is 54.6 Å². The quantitative estimate of drug-likeness (QED) is 0.622. The first-order valence-corrected chi connectivity index (χ1v) is 9.94. The van der Waals surface area contributed by atoms with Crippen LogP contribution in [0.5, 0.6) is 11.5 Å². The standard InChI is InChI=1S/C21H26FNO2.C2H6/c1-17(23-12-11-19(13-22)14-23)15-24-20-7-9-21(10-8-20)25-16-18-5-3-2-4-6-18;1-2/h2-10,17,19H,11-16H2,1H3;1-2H3. The van der Waals surface area contributed by atoms with E-state index in [1.54, 1.807) is 0 Å². The van der Waals surface area contributed by atoms with Gasteiger partial charge < -0.3 is 9.47 Å². The molecular formula is C23H32FNO2. The monoisotopic (exact) mass is 373 g/mol. The summed E-state index contributed by atoms with van der Waals surface area (Å²) in [6.07, 6.45) is 0.953. The molecule has 2 atom stereocenters. The van der Waals surface area contributed by atoms with Gasteiger partial charge in [-0.05, 0) is 49.7 Å². The van der Waals surface area contributed by atoms with Gasteiger partial charge in [0.25, 0.3) is 0 Å². The van der Waals surface area contributed by atoms with E-state index in [1.807, 2.05) is 68.4 Å². The van der Waals surface area contributed by atoms with E-state index in [9.17, 15) is 4.39 Å². The minimum Gasteiger partial charge on any atom is -0.492 e. The third-order valence-electron chi connectivity index (χ3n) is 4.72. The third kappa shape index (κ3) is 6.87. The Balaban J connectivity index is 0.00000126. The summed E-state index contributed by atoms with van der Waals surface area (Å²) in [7, 11) is 0. The Kier molecular flexibility index (Phi) is 9.12. The lowest BCUT2D eigenvalue weighted by molar-refractivity contribution is 0.165. The number of hydrogen-bond acceptors (Lipinski definition) is 3. The van der Waals surface area contributed by atoms with Crippen LogP contribution in [0.25, 0.3) is 0 Å². The average Bonchev–Trinajstić information content (AvgIpc) is 3.23. The molecule has 3 nitrogen and oxygen atoms in total. The van der Waals surface area contributed by atoms with Gasteiger partial charge in [0.2, 0.25) is 0 Å². The van der Waals surface area contributed by atoms with E-state index in [4.69, 9.17) is 9.47 Å². The molecule has 0 bridgehead atoms. The van der Waals surface area contributed by atoms with Gasteiger partial charge in [-0.2, -0.15) is 0 Å². The molecule has 2 unspecified atom stereocenters. The van der Waals surface area contributed by atoms with Crippen molar-refractivity contribution in [1.82, 2.24) is 4.90 Å². The molecule has 0 aliphatic carbocycles. The van der Waals surface area contributed by atoms with Crippen molar-refractivity contribution in [1.29, 1.82) is 0 Å². The lowest BCUT2D eigenvalue weighted by Crippen LogP contribution is -2.35. The fourth-order valence-electron chi connectivity index (χ4n) is 3.08. The van der Waals surface area contributed by atoms with E-state index in [1.165, 1.54) is 0 Å². The van der Waals surface area contributed by atoms with Gasteiger partial charge in [-0.15, -0.1) is 0 Å². The Morgan fingerprint density at radius 2 is 1.63 bits per heavy atom. The van der Waals surface area contributed by atoms with Crippen LogP contribution in [0.2, 0.25) is 0 Å². The lowest BCUT2D eigenvalue weighted by Gasteiger charge is -2.24. The summed E-state index contributed by atoms with van der Waals surface area (Å²) in [6, 6.07) is 18.1. The summed E-state index contributed by atoms with van der Waals surface area (Å²) in [5, 5.41) is 0. The molecule has 3 rings (SSSR count). The third-order valence-corrected chi connectivity index (χ3v) is 4.72. The van der Waals surface area contributed by atoms with E-state index in [-0.39, 0.29) is 12.6 Å². The zero-order valence-corrected chi connectivity index (χ0v) is 16.7. The summed E-state index contributed by atoms with van der Waals surface area (Å²) in [6.45, 7) is 8.90. The first-order valence-electron chi connectivity index (χ1n) is 9.94. The van der Waals surface area contributed by atoms with Crippen molar-refractivity contribution in [3.63, 3.8) is 0 Å². The molecule has 1 aliphatic heterocycles. The molecule has 0 amide bonds. The van der Waals surface area contributed by atoms with Crippen molar-refractivity contribution in [3.05, 3.63) is 60.2 Å². The molecular weight excluding hydrogens is 341 g/mol. The fraction of sp³-hybridized carbons (Fsp3) is 0.478. The van der Waals surface area contributed by atoms with Crippen molar-refractivity contribution < 1.29 is 13.9 Å². The second-order valence-electron chi connectivity index (χ2n) is 6.71. The van der Waals surface area contributed by atoms with Crippen molar-refractivity contribution in [2.45, 2.75) is 39.8 Å². The second kappa shape index (κ2) is 11.6. The van der Waals surface area contributed by atoms with Gasteiger partial charge in [0.1, 0.15) is 24.7 Å². The normalized spacial score (nSPS) is 17.7. The first kappa shape index (κ1) is 21.2. The molecule has 0 radical (unpaired) electrons. The van der Waals surface area contributed by atoms with E-state index < -0.39 is 0 Å². The number of halogens is 1. The number of rotatable bonds is 8. The number of benzene rings is 2. The molecule has 0 N–H and O–H groups in total. The van der Waals surface area contributed by atoms with Crippen molar-refractivity contribution >= 4 is 0 Å². The molecule has 2 aromatic rings. The summed E-state index contributed by atoms with van der Waals surface area (Å²) in [5.41, 5.74) is 1.15. The van der Waals surface area contributed by atoms with Crippen LogP contribution in [0.1, 0.15) is 32.8 Å². The van der Waals surface area contributed by atoms with E-state index in [0.717, 1.165) is 36.6 Å². The minimum absolute atomic E-state index is 0.198. The smallest absolute Gasteiger partial charge is 0.120 e. The zero-order chi connectivity index (χ0) is 19.5. The van der Waals surface area contributed by atoms with Gasteiger partial charge in [-0.25, -0.2) is 0 Å². The summed E-state index contributed by atoms with van der Waals surface area (Å²) in [4.78, 5) is 2.31. The highest BCUT2D eigenvalue weighted by Gasteiger charge is 2.26. The largest absolute Gasteiger partial charge is 0.492 e. The molecule has 1 fully saturated rings. The summed E-state index contributed by atoms with van der Waals surface area (Å²) in [5.74, 6) is 1.86. The van der Waals surface area contributed by atoms with Gasteiger partial charge >= 0.3 is 0 Å². The number of ether oxygens (including phenoxy) is 2. The van der Waals surface area contributed by atoms with E-state index in [2.05, 4.69) is 11.8 Å². The summed E-state index contributed by atoms with van der Waals surface area (Å²) >= 11 is 0. The van der Waals surface area contributed by atoms with Crippen LogP contribution >= 0.6 is 0 Å². The SMILES string of the molecule is CC.CC(COc1ccc(OCc2ccccc2)cc1)N1CCC(CF)C1. The van der Waals surface area contributed by atoms with E-state index in [0.29, 0.717) is 19.3 Å². The van der Waals surface area contributed by atoms with Crippen LogP contribution in [-0.4, -0.2) is 37.3 Å². The molecule has 0 saturated carbocycles. The molecule has 1 aliphatic rings. The number of alkyl halides is 1. The molecule has 4 heteroatoms. The Morgan fingerprint density at radius 1 is 1.00 bits per heavy atom. The molecule has 0 spiro atoms. The molecule has 2 aromatic carbocycles. The Bertz CT molecular complexity index is 633. The average molecular weight is 374 g/mol. The maximum atomic E-state index is 12.7. The Labute approximate surface area is 163 Å². The predicted octanol–water partition coefficient (Wildman–Crippen LogP) is 5.35. The molecule has 27 heavy (non-hydrogen) atoms. The maximum absolute atomic E-state index is 12.7. The number of hydrogen-bond donors (Lipinski definition) is 0.